The van der Waals surface area contributed by atoms with E-state index in [1.165, 1.54) is 148 Å². The van der Waals surface area contributed by atoms with Gasteiger partial charge in [0.15, 0.2) is 17.2 Å². The van der Waals surface area contributed by atoms with E-state index in [1.807, 2.05) is 0 Å². The lowest BCUT2D eigenvalue weighted by Gasteiger charge is -2.24. The van der Waals surface area contributed by atoms with E-state index in [1.54, 1.807) is 30.4 Å². The minimum absolute atomic E-state index is 0.0368. The smallest absolute Gasteiger partial charge is 0.416 e. The summed E-state index contributed by atoms with van der Waals surface area (Å²) in [6, 6.07) is 31.0. The third-order valence-corrected chi connectivity index (χ3v) is 12.4. The number of phenolic OH excluding ortho intramolecular Hbond substituents is 10. The van der Waals surface area contributed by atoms with Crippen molar-refractivity contribution in [2.45, 2.75) is 68.4 Å². The summed E-state index contributed by atoms with van der Waals surface area (Å²) >= 11 is 0. The van der Waals surface area contributed by atoms with Crippen molar-refractivity contribution in [2.75, 3.05) is 14.2 Å². The van der Waals surface area contributed by atoms with Crippen molar-refractivity contribution in [1.29, 1.82) is 0 Å². The Bertz CT molecular complexity index is 3880. The highest BCUT2D eigenvalue weighted by Crippen LogP contribution is 2.43. The first-order chi connectivity index (χ1) is 46.1. The molecule has 0 bridgehead atoms. The second-order valence-electron chi connectivity index (χ2n) is 20.5. The zero-order chi connectivity index (χ0) is 76.9. The van der Waals surface area contributed by atoms with E-state index in [-0.39, 0.29) is 90.7 Å². The van der Waals surface area contributed by atoms with Crippen LogP contribution in [0.15, 0.2) is 186 Å². The monoisotopic (exact) mass is 1430 g/mol. The van der Waals surface area contributed by atoms with Crippen molar-refractivity contribution in [3.63, 3.8) is 0 Å². The fourth-order valence-electron chi connectivity index (χ4n) is 7.56. The SMILES string of the molecule is C=C(CC(F)(F)CC(F)(F)CC(F)(F)F)c1ccc(O)cc1.C=C(CC(F)(F)CC(F)(F)F)c1ccc(O)cc1.C=C(c1ccc(O)cc1)C(F)(F)F.C=Cc1cc(O)c(O)c(O)c1.C=Cc1ccc(C(=O)OC)c(O)c1.C=Cc1ccc(O)c(C(=O)OC)c1.C=Cc1ccc(O)cc1O. The van der Waals surface area contributed by atoms with Crippen LogP contribution >= 0.6 is 0 Å². The molecule has 10 N–H and O–H groups in total. The van der Waals surface area contributed by atoms with Gasteiger partial charge in [0.25, 0.3) is 17.8 Å². The zero-order valence-corrected chi connectivity index (χ0v) is 52.8. The van der Waals surface area contributed by atoms with Gasteiger partial charge in [0.2, 0.25) is 0 Å². The minimum Gasteiger partial charge on any atom is -0.508 e. The Balaban J connectivity index is 0.000000592. The number of allylic oxidation sites excluding steroid dienone is 3. The number of carbonyl (C=O) groups is 2. The van der Waals surface area contributed by atoms with Gasteiger partial charge < -0.3 is 60.5 Å². The average molecular weight is 1430 g/mol. The largest absolute Gasteiger partial charge is 0.508 e. The summed E-state index contributed by atoms with van der Waals surface area (Å²) in [5, 5.41) is 90.2. The number of hydrogen-bond donors (Lipinski definition) is 10. The van der Waals surface area contributed by atoms with Crippen LogP contribution in [0.3, 0.4) is 0 Å². The number of hydrogen-bond acceptors (Lipinski definition) is 14. The van der Waals surface area contributed by atoms with E-state index in [4.69, 9.17) is 40.9 Å². The predicted octanol–water partition coefficient (Wildman–Crippen LogP) is 19.6. The highest BCUT2D eigenvalue weighted by molar-refractivity contribution is 5.93. The maximum absolute atomic E-state index is 13.6. The summed E-state index contributed by atoms with van der Waals surface area (Å²) in [6.07, 6.45) is -17.7. The zero-order valence-electron chi connectivity index (χ0n) is 52.8. The lowest BCUT2D eigenvalue weighted by Crippen LogP contribution is -2.33. The van der Waals surface area contributed by atoms with Gasteiger partial charge in [-0.15, -0.1) is 0 Å². The number of aromatic hydroxyl groups is 10. The molecule has 100 heavy (non-hydrogen) atoms. The van der Waals surface area contributed by atoms with Crippen LogP contribution in [0.4, 0.5) is 65.9 Å². The van der Waals surface area contributed by atoms with E-state index in [2.05, 4.69) is 55.5 Å². The highest BCUT2D eigenvalue weighted by Gasteiger charge is 2.50. The molecule has 0 atom stereocenters. The number of alkyl halides is 15. The number of carbonyl (C=O) groups excluding carboxylic acids is 2. The molecular weight excluding hydrogens is 1360 g/mol. The Kier molecular flexibility index (Phi) is 33.4. The molecule has 29 heteroatoms. The standard InChI is InChI=1S/C14H13F7O.C12H11F5O.2C10H10O3.C9H7F3O.C8H8O3.C8H8O2/c1-9(10-2-4-11(22)5-3-10)6-12(15,16)7-13(17,18)8-14(19,20)21;1-8(9-2-4-10(18)5-3-9)6-11(13,14)7-12(15,16)17;1-3-7-4-5-9(11)8(6-7)10(12)13-2;1-3-7-4-5-8(9(11)6-7)10(12)13-2;1-6(9(10,11)12)7-2-4-8(13)5-3-7;1-2-5-3-6(9)8(11)7(10)4-5;1-2-6-3-4-7(9)5-8(6)10/h2-5,22H,1,6-8H2;2-5,18H,1,6-7H2;2*3-6,11H,1H2,2H3;2-5,13H,1H2;2-4,9-11H,1H2;2-5,9-10H,1H2. The number of ether oxygens (including phenoxy) is 2. The van der Waals surface area contributed by atoms with Gasteiger partial charge in [-0.05, 0) is 129 Å². The summed E-state index contributed by atoms with van der Waals surface area (Å²) in [5.74, 6) is -15.1. The number of esters is 2. The predicted molar refractivity (Wildman–Crippen MR) is 348 cm³/mol. The Morgan fingerprint density at radius 3 is 1.10 bits per heavy atom. The Labute approximate surface area is 563 Å². The molecule has 7 aromatic carbocycles. The molecule has 14 nitrogen and oxygen atoms in total. The van der Waals surface area contributed by atoms with E-state index >= 15 is 0 Å². The van der Waals surface area contributed by atoms with E-state index in [0.29, 0.717) is 11.1 Å². The van der Waals surface area contributed by atoms with Gasteiger partial charge in [-0.3, -0.25) is 0 Å². The van der Waals surface area contributed by atoms with Crippen LogP contribution in [0.5, 0.6) is 57.5 Å². The minimum atomic E-state index is -5.23. The fourth-order valence-corrected chi connectivity index (χ4v) is 7.56. The first-order valence-corrected chi connectivity index (χ1v) is 27.9. The highest BCUT2D eigenvalue weighted by atomic mass is 19.4. The van der Waals surface area contributed by atoms with Crippen LogP contribution in [0.25, 0.3) is 41.0 Å². The van der Waals surface area contributed by atoms with E-state index in [0.717, 1.165) is 11.1 Å². The Morgan fingerprint density at radius 1 is 0.370 bits per heavy atom. The molecule has 0 aromatic heterocycles. The van der Waals surface area contributed by atoms with Crippen LogP contribution in [0.2, 0.25) is 0 Å². The first kappa shape index (κ1) is 86.6. The van der Waals surface area contributed by atoms with Crippen molar-refractivity contribution >= 4 is 53.0 Å². The van der Waals surface area contributed by atoms with Crippen molar-refractivity contribution in [3.05, 3.63) is 236 Å². The molecule has 0 amide bonds. The molecule has 0 fully saturated rings. The lowest BCUT2D eigenvalue weighted by atomic mass is 9.96. The topological polar surface area (TPSA) is 255 Å². The Hall–Kier alpha value is -11.4. The summed E-state index contributed by atoms with van der Waals surface area (Å²) in [5.41, 5.74) is 2.19. The second kappa shape index (κ2) is 38.5. The van der Waals surface area contributed by atoms with Gasteiger partial charge in [0.05, 0.1) is 26.2 Å². The van der Waals surface area contributed by atoms with Crippen LogP contribution < -0.4 is 0 Å². The molecule has 0 spiro atoms. The third-order valence-electron chi connectivity index (χ3n) is 12.4. The number of halogens is 15. The lowest BCUT2D eigenvalue weighted by molar-refractivity contribution is -0.205. The van der Waals surface area contributed by atoms with Gasteiger partial charge in [0, 0.05) is 24.5 Å². The summed E-state index contributed by atoms with van der Waals surface area (Å²) in [7, 11) is 2.53. The van der Waals surface area contributed by atoms with Crippen LogP contribution in [-0.2, 0) is 9.47 Å². The molecule has 0 aliphatic carbocycles. The molecule has 0 aliphatic rings. The number of phenols is 10. The van der Waals surface area contributed by atoms with Crippen LogP contribution in [0.1, 0.15) is 91.8 Å². The Morgan fingerprint density at radius 2 is 0.730 bits per heavy atom. The van der Waals surface area contributed by atoms with Crippen LogP contribution in [-0.4, -0.2) is 114 Å². The molecule has 0 radical (unpaired) electrons. The van der Waals surface area contributed by atoms with Crippen molar-refractivity contribution in [2.24, 2.45) is 0 Å². The van der Waals surface area contributed by atoms with Crippen molar-refractivity contribution in [1.82, 2.24) is 0 Å². The third kappa shape index (κ3) is 32.6. The second-order valence-corrected chi connectivity index (χ2v) is 20.5. The van der Waals surface area contributed by atoms with Gasteiger partial charge in [0.1, 0.15) is 64.2 Å². The van der Waals surface area contributed by atoms with Gasteiger partial charge >= 0.3 is 30.5 Å². The normalized spacial score (nSPS) is 11.0. The van der Waals surface area contributed by atoms with Gasteiger partial charge in [-0.25, -0.2) is 35.9 Å². The van der Waals surface area contributed by atoms with Gasteiger partial charge in [-0.2, -0.15) is 39.5 Å². The molecule has 0 saturated carbocycles. The first-order valence-electron chi connectivity index (χ1n) is 27.9. The number of methoxy groups -OCH3 is 2. The molecule has 0 aliphatic heterocycles. The molecule has 0 unspecified atom stereocenters. The molecule has 0 saturated heterocycles. The molecule has 7 aromatic rings. The fraction of sp³-hybridized carbons (Fsp3) is 0.183. The molecular formula is C71H67F15O14. The van der Waals surface area contributed by atoms with Gasteiger partial charge in [-0.1, -0.05) is 119 Å². The van der Waals surface area contributed by atoms with Crippen LogP contribution in [0, 0.1) is 0 Å². The summed E-state index contributed by atoms with van der Waals surface area (Å²) in [4.78, 5) is 22.1. The maximum atomic E-state index is 13.6. The number of rotatable bonds is 17. The summed E-state index contributed by atoms with van der Waals surface area (Å²) in [6.45, 7) is 23.6. The molecule has 540 valence electrons. The van der Waals surface area contributed by atoms with Crippen molar-refractivity contribution in [3.8, 4) is 57.5 Å². The number of benzene rings is 7. The quantitative estimate of drug-likeness (QED) is 0.0231. The molecule has 7 rings (SSSR count). The van der Waals surface area contributed by atoms with Crippen molar-refractivity contribution < 1.29 is 136 Å². The average Bonchev–Trinajstić information content (AvgIpc) is 0.843. The maximum Gasteiger partial charge on any atom is 0.416 e. The summed E-state index contributed by atoms with van der Waals surface area (Å²) < 4.78 is 196. The van der Waals surface area contributed by atoms with E-state index < -0.39 is 91.7 Å². The van der Waals surface area contributed by atoms with E-state index in [9.17, 15) is 85.7 Å². The molecule has 0 heterocycles.